The van der Waals surface area contributed by atoms with E-state index < -0.39 is 29.1 Å². The number of nitrogens with one attached hydrogen (secondary N) is 3. The molecular formula is C48H66N8O6S. The van der Waals surface area contributed by atoms with Gasteiger partial charge in [-0.3, -0.25) is 24.4 Å². The van der Waals surface area contributed by atoms with Gasteiger partial charge in [0, 0.05) is 103 Å². The molecule has 3 aliphatic heterocycles. The Morgan fingerprint density at radius 2 is 1.90 bits per heavy atom. The van der Waals surface area contributed by atoms with Gasteiger partial charge in [0.1, 0.15) is 12.1 Å². The zero-order valence-corrected chi connectivity index (χ0v) is 39.1. The number of carbonyl (C=O) groups is 3. The molecule has 1 aliphatic carbocycles. The van der Waals surface area contributed by atoms with Gasteiger partial charge in [-0.1, -0.05) is 33.8 Å². The summed E-state index contributed by atoms with van der Waals surface area (Å²) in [6.07, 6.45) is 4.62. The molecule has 340 valence electrons. The first-order chi connectivity index (χ1) is 30.1. The molecule has 4 N–H and O–H groups in total. The topological polar surface area (TPSA) is 163 Å². The maximum absolute atomic E-state index is 14.2. The molecule has 0 spiro atoms. The average molecular weight is 883 g/mol. The molecule has 1 saturated carbocycles. The molecule has 3 fully saturated rings. The number of ether oxygens (including phenoxy) is 2. The Morgan fingerprint density at radius 3 is 2.60 bits per heavy atom. The van der Waals surface area contributed by atoms with Gasteiger partial charge in [-0.15, -0.1) is 11.3 Å². The van der Waals surface area contributed by atoms with Crippen LogP contribution in [0.4, 0.5) is 0 Å². The normalized spacial score (nSPS) is 25.7. The van der Waals surface area contributed by atoms with Crippen LogP contribution in [0.1, 0.15) is 95.2 Å². The van der Waals surface area contributed by atoms with Gasteiger partial charge in [-0.05, 0) is 88.6 Å². The van der Waals surface area contributed by atoms with Crippen molar-refractivity contribution in [3.8, 4) is 22.5 Å². The second-order valence-electron chi connectivity index (χ2n) is 19.2. The maximum Gasteiger partial charge on any atom is 0.324 e. The number of amides is 2. The number of aromatic nitrogens is 3. The Bertz CT molecular complexity index is 2330. The number of rotatable bonds is 10. The molecule has 1 unspecified atom stereocenters. The minimum absolute atomic E-state index is 0.125. The fraction of sp³-hybridized carbons (Fsp3) is 0.604. The molecule has 4 aromatic rings. The first-order valence-corrected chi connectivity index (χ1v) is 23.8. The lowest BCUT2D eigenvalue weighted by atomic mass is 9.82. The van der Waals surface area contributed by atoms with E-state index in [1.165, 1.54) is 16.3 Å². The highest BCUT2D eigenvalue weighted by molar-refractivity contribution is 7.10. The van der Waals surface area contributed by atoms with Crippen molar-refractivity contribution in [2.24, 2.45) is 23.2 Å². The van der Waals surface area contributed by atoms with E-state index in [0.717, 1.165) is 81.4 Å². The summed E-state index contributed by atoms with van der Waals surface area (Å²) in [7, 11) is 3.66. The molecule has 15 heteroatoms. The Hall–Kier alpha value is -4.25. The first-order valence-electron chi connectivity index (χ1n) is 22.9. The highest BCUT2D eigenvalue weighted by Crippen LogP contribution is 2.46. The zero-order valence-electron chi connectivity index (χ0n) is 38.3. The molecule has 2 amide bonds. The number of hydrogen-bond acceptors (Lipinski definition) is 12. The average Bonchev–Trinajstić information content (AvgIpc) is 3.54. The van der Waals surface area contributed by atoms with Gasteiger partial charge in [-0.25, -0.2) is 10.4 Å². The summed E-state index contributed by atoms with van der Waals surface area (Å²) in [5.74, 6) is -0.457. The van der Waals surface area contributed by atoms with Gasteiger partial charge in [0.25, 0.3) is 5.91 Å². The summed E-state index contributed by atoms with van der Waals surface area (Å²) in [5, 5.41) is 23.9. The predicted octanol–water partition coefficient (Wildman–Crippen LogP) is 5.61. The van der Waals surface area contributed by atoms with Crippen molar-refractivity contribution >= 4 is 40.0 Å². The molecule has 63 heavy (non-hydrogen) atoms. The molecule has 0 radical (unpaired) electrons. The van der Waals surface area contributed by atoms with Crippen LogP contribution in [0.15, 0.2) is 35.8 Å². The molecular weight excluding hydrogens is 817 g/mol. The number of pyridine rings is 1. The molecule has 6 bridgehead atoms. The lowest BCUT2D eigenvalue weighted by Crippen LogP contribution is -2.60. The Kier molecular flexibility index (Phi) is 13.2. The minimum atomic E-state index is -1.04. The van der Waals surface area contributed by atoms with Crippen LogP contribution in [0, 0.1) is 23.2 Å². The summed E-state index contributed by atoms with van der Waals surface area (Å²) in [6.45, 7) is 17.1. The molecule has 2 saturated heterocycles. The van der Waals surface area contributed by atoms with Crippen molar-refractivity contribution in [1.82, 2.24) is 40.5 Å². The van der Waals surface area contributed by atoms with E-state index in [1.54, 1.807) is 7.11 Å². The van der Waals surface area contributed by atoms with E-state index in [1.807, 2.05) is 25.5 Å². The monoisotopic (exact) mass is 882 g/mol. The van der Waals surface area contributed by atoms with Crippen molar-refractivity contribution in [3.63, 3.8) is 0 Å². The fourth-order valence-corrected chi connectivity index (χ4v) is 10.8. The van der Waals surface area contributed by atoms with Gasteiger partial charge < -0.3 is 34.7 Å². The lowest BCUT2D eigenvalue weighted by Gasteiger charge is -2.38. The molecule has 14 nitrogen and oxygen atoms in total. The van der Waals surface area contributed by atoms with Crippen LogP contribution in [0.25, 0.3) is 33.4 Å². The number of aryl methyl sites for hydroxylation is 1. The van der Waals surface area contributed by atoms with E-state index in [9.17, 15) is 19.5 Å². The summed E-state index contributed by atoms with van der Waals surface area (Å²) in [5.41, 5.74) is 8.96. The largest absolute Gasteiger partial charge is 0.464 e. The smallest absolute Gasteiger partial charge is 0.324 e. The highest BCUT2D eigenvalue weighted by atomic mass is 32.1. The lowest BCUT2D eigenvalue weighted by molar-refractivity contribution is -0.155. The number of cyclic esters (lactones) is 1. The van der Waals surface area contributed by atoms with Crippen LogP contribution in [0.2, 0.25) is 0 Å². The molecule has 6 atom stereocenters. The van der Waals surface area contributed by atoms with Crippen molar-refractivity contribution in [2.75, 3.05) is 53.5 Å². The van der Waals surface area contributed by atoms with Gasteiger partial charge in [0.15, 0.2) is 0 Å². The summed E-state index contributed by atoms with van der Waals surface area (Å²) in [6, 6.07) is 7.03. The third kappa shape index (κ3) is 9.19. The second kappa shape index (κ2) is 18.3. The van der Waals surface area contributed by atoms with Gasteiger partial charge >= 0.3 is 5.97 Å². The van der Waals surface area contributed by atoms with E-state index in [4.69, 9.17) is 19.4 Å². The zero-order chi connectivity index (χ0) is 44.8. The standard InChI is InChI=1S/C48H66N8O6S/c1-9-55-39-13-12-31-21-33(39)35(43(55)34-22-32(25-50-42(34)30(4)61-8)48(60)14-18-54(19-15-48)20-16-49-7)24-47(5,6)27-62-46(59)36-11-10-17-56(53-36)45(58)37(23-40-51-38(31)26-63-40)52-44(57)41-28(2)29(41)3/h12-13,21-22,25-26,28-30,36-37,41,49,53,60H,9-11,14-20,23-24,27H2,1-8H3,(H,52,57)/t28-,29+,30-,36-,37-,41?/m0/s1. The van der Waals surface area contributed by atoms with Crippen molar-refractivity contribution in [2.45, 2.75) is 110 Å². The number of benzene rings is 1. The summed E-state index contributed by atoms with van der Waals surface area (Å²) < 4.78 is 14.5. The third-order valence-electron chi connectivity index (χ3n) is 14.3. The molecule has 8 rings (SSSR count). The number of thiazole rings is 1. The highest BCUT2D eigenvalue weighted by Gasteiger charge is 2.49. The van der Waals surface area contributed by atoms with Gasteiger partial charge in [0.05, 0.1) is 40.4 Å². The Balaban J connectivity index is 1.24. The van der Waals surface area contributed by atoms with E-state index in [2.05, 4.69) is 84.4 Å². The number of hydrogen-bond donors (Lipinski definition) is 4. The van der Waals surface area contributed by atoms with Gasteiger partial charge in [0.2, 0.25) is 5.91 Å². The number of aliphatic hydroxyl groups is 1. The number of likely N-dealkylation sites (tertiary alicyclic amines) is 1. The number of piperidine rings is 1. The number of fused-ring (bicyclic) bond motifs is 6. The SMILES string of the molecule is CCn1c(-c2cc(C3(O)CCN(CCNC)CC3)cnc2[C@H](C)OC)c2c3cc(ccc31)-c1csc(n1)C[C@H](NC(=O)C1[C@@H](C)[C@H]1C)C(=O)N1CCC[C@H](N1)C(=O)OCC(C)(C)C2. The number of nitrogens with zero attached hydrogens (tertiary/aromatic N) is 5. The summed E-state index contributed by atoms with van der Waals surface area (Å²) >= 11 is 1.48. The molecule has 3 aromatic heterocycles. The number of likely N-dealkylation sites (N-methyl/N-ethyl adjacent to an activating group) is 1. The quantitative estimate of drug-likeness (QED) is 0.147. The van der Waals surface area contributed by atoms with Gasteiger partial charge in [-0.2, -0.15) is 0 Å². The first kappa shape index (κ1) is 45.3. The van der Waals surface area contributed by atoms with Crippen LogP contribution < -0.4 is 16.1 Å². The Labute approximate surface area is 375 Å². The molecule has 1 aromatic carbocycles. The number of esters is 1. The molecule has 4 aliphatic rings. The molecule has 6 heterocycles. The van der Waals surface area contributed by atoms with E-state index in [0.29, 0.717) is 45.2 Å². The van der Waals surface area contributed by atoms with Crippen LogP contribution >= 0.6 is 11.3 Å². The summed E-state index contributed by atoms with van der Waals surface area (Å²) in [4.78, 5) is 54.2. The number of methoxy groups -OCH3 is 1. The van der Waals surface area contributed by atoms with E-state index in [-0.39, 0.29) is 48.7 Å². The van der Waals surface area contributed by atoms with Crippen LogP contribution in [0.3, 0.4) is 0 Å². The predicted molar refractivity (Wildman–Crippen MR) is 245 cm³/mol. The number of hydrazine groups is 1. The van der Waals surface area contributed by atoms with Crippen molar-refractivity contribution in [3.05, 3.63) is 57.7 Å². The maximum atomic E-state index is 14.2. The van der Waals surface area contributed by atoms with Crippen LogP contribution in [-0.4, -0.2) is 113 Å². The van der Waals surface area contributed by atoms with Crippen molar-refractivity contribution < 1.29 is 29.0 Å². The second-order valence-corrected chi connectivity index (χ2v) is 20.2. The number of carbonyl (C=O) groups excluding carboxylic acids is 3. The Morgan fingerprint density at radius 1 is 1.14 bits per heavy atom. The van der Waals surface area contributed by atoms with Crippen LogP contribution in [-0.2, 0) is 48.8 Å². The van der Waals surface area contributed by atoms with E-state index >= 15 is 0 Å². The fourth-order valence-electron chi connectivity index (χ4n) is 9.98. The third-order valence-corrected chi connectivity index (χ3v) is 15.1. The minimum Gasteiger partial charge on any atom is -0.464 e. The van der Waals surface area contributed by atoms with Crippen LogP contribution in [0.5, 0.6) is 0 Å². The van der Waals surface area contributed by atoms with Crippen molar-refractivity contribution in [1.29, 1.82) is 0 Å².